The van der Waals surface area contributed by atoms with Crippen LogP contribution in [-0.4, -0.2) is 24.4 Å². The number of halogens is 2. The van der Waals surface area contributed by atoms with Gasteiger partial charge in [0.25, 0.3) is 0 Å². The number of carbonyl (C=O) groups is 1. The van der Waals surface area contributed by atoms with E-state index in [4.69, 9.17) is 10.5 Å². The van der Waals surface area contributed by atoms with Gasteiger partial charge in [0, 0.05) is 21.8 Å². The Balaban J connectivity index is 0.000000771. The van der Waals surface area contributed by atoms with Gasteiger partial charge >= 0.3 is 0 Å². The van der Waals surface area contributed by atoms with Gasteiger partial charge in [-0.05, 0) is 84.4 Å². The molecule has 0 fully saturated rings. The molecule has 3 aromatic rings. The Kier molecular flexibility index (Phi) is 11.6. The molecule has 1 atom stereocenters. The van der Waals surface area contributed by atoms with Crippen molar-refractivity contribution in [2.75, 3.05) is 12.4 Å². The summed E-state index contributed by atoms with van der Waals surface area (Å²) in [6, 6.07) is 18.9. The monoisotopic (exact) mass is 551 g/mol. The lowest BCUT2D eigenvalue weighted by Gasteiger charge is -2.25. The van der Waals surface area contributed by atoms with Gasteiger partial charge in [-0.2, -0.15) is 0 Å². The topological polar surface area (TPSA) is 52.3 Å². The summed E-state index contributed by atoms with van der Waals surface area (Å²) >= 11 is 1.60. The first-order valence-corrected chi connectivity index (χ1v) is 14.7. The molecule has 4 rings (SSSR count). The Morgan fingerprint density at radius 2 is 1.72 bits per heavy atom. The van der Waals surface area contributed by atoms with Gasteiger partial charge in [0.05, 0.1) is 12.8 Å². The summed E-state index contributed by atoms with van der Waals surface area (Å²) in [5, 5.41) is 0. The highest BCUT2D eigenvalue weighted by atomic mass is 32.2. The molecule has 1 amide bonds. The lowest BCUT2D eigenvalue weighted by molar-refractivity contribution is 0.1000. The summed E-state index contributed by atoms with van der Waals surface area (Å²) in [7, 11) is 0. The van der Waals surface area contributed by atoms with Gasteiger partial charge in [0.2, 0.25) is 5.91 Å². The molecular formula is C33H39F2NO2S. The molecule has 0 spiro atoms. The van der Waals surface area contributed by atoms with Crippen molar-refractivity contribution >= 4 is 28.8 Å². The molecular weight excluding hydrogens is 512 g/mol. The van der Waals surface area contributed by atoms with Gasteiger partial charge in [-0.3, -0.25) is 9.18 Å². The summed E-state index contributed by atoms with van der Waals surface area (Å²) in [4.78, 5) is 12.7. The summed E-state index contributed by atoms with van der Waals surface area (Å²) < 4.78 is 32.2. The van der Waals surface area contributed by atoms with Crippen LogP contribution in [0, 0.1) is 12.7 Å². The number of benzene rings is 3. The van der Waals surface area contributed by atoms with Crippen LogP contribution >= 0.6 is 11.8 Å². The summed E-state index contributed by atoms with van der Waals surface area (Å²) in [5.74, 6) is 0.748. The Morgan fingerprint density at radius 3 is 2.28 bits per heavy atom. The van der Waals surface area contributed by atoms with E-state index in [2.05, 4.69) is 13.8 Å². The van der Waals surface area contributed by atoms with Gasteiger partial charge in [0.1, 0.15) is 11.6 Å². The molecule has 208 valence electrons. The number of hydrogen-bond donors (Lipinski definition) is 1. The molecule has 0 saturated heterocycles. The summed E-state index contributed by atoms with van der Waals surface area (Å²) in [5.41, 5.74) is 11.3. The first-order valence-electron chi connectivity index (χ1n) is 13.7. The second kappa shape index (κ2) is 14.9. The summed E-state index contributed by atoms with van der Waals surface area (Å²) in [6.07, 6.45) is 4.95. The molecule has 0 radical (unpaired) electrons. The van der Waals surface area contributed by atoms with E-state index >= 15 is 4.39 Å². The van der Waals surface area contributed by atoms with Gasteiger partial charge in [-0.15, -0.1) is 11.8 Å². The Bertz CT molecular complexity index is 1290. The normalized spacial score (nSPS) is 13.3. The zero-order chi connectivity index (χ0) is 28.4. The molecule has 1 aliphatic rings. The van der Waals surface area contributed by atoms with Crippen LogP contribution < -0.4 is 10.5 Å². The van der Waals surface area contributed by atoms with Crippen LogP contribution in [0.15, 0.2) is 65.6 Å². The van der Waals surface area contributed by atoms with E-state index in [1.165, 1.54) is 0 Å². The van der Waals surface area contributed by atoms with Crippen molar-refractivity contribution < 1.29 is 18.3 Å². The minimum Gasteiger partial charge on any atom is -0.490 e. The Labute approximate surface area is 235 Å². The van der Waals surface area contributed by atoms with Gasteiger partial charge in [-0.25, -0.2) is 4.39 Å². The van der Waals surface area contributed by atoms with E-state index in [0.717, 1.165) is 70.6 Å². The third-order valence-corrected chi connectivity index (χ3v) is 7.74. The fourth-order valence-electron chi connectivity index (χ4n) is 4.49. The fraction of sp³-hybridized carbons (Fsp3) is 0.364. The van der Waals surface area contributed by atoms with E-state index < -0.39 is 5.91 Å². The maximum atomic E-state index is 15.1. The number of hydrogen-bond acceptors (Lipinski definition) is 3. The third-order valence-electron chi connectivity index (χ3n) is 6.66. The van der Waals surface area contributed by atoms with Gasteiger partial charge in [-0.1, -0.05) is 63.9 Å². The molecule has 1 heterocycles. The maximum absolute atomic E-state index is 15.1. The zero-order valence-corrected chi connectivity index (χ0v) is 24.2. The molecule has 0 aromatic heterocycles. The Morgan fingerprint density at radius 1 is 1.00 bits per heavy atom. The van der Waals surface area contributed by atoms with Crippen molar-refractivity contribution in [3.05, 3.63) is 94.3 Å². The van der Waals surface area contributed by atoms with E-state index in [1.807, 2.05) is 62.4 Å². The van der Waals surface area contributed by atoms with Crippen LogP contribution in [-0.2, 0) is 0 Å². The number of ether oxygens (including phenoxy) is 1. The number of carbonyl (C=O) groups excluding carboxylic acids is 1. The van der Waals surface area contributed by atoms with Crippen LogP contribution in [0.4, 0.5) is 8.78 Å². The largest absolute Gasteiger partial charge is 0.490 e. The molecule has 39 heavy (non-hydrogen) atoms. The average molecular weight is 552 g/mol. The molecule has 1 aliphatic heterocycles. The number of amides is 1. The summed E-state index contributed by atoms with van der Waals surface area (Å²) in [6.45, 7) is 8.00. The second-order valence-corrected chi connectivity index (χ2v) is 10.7. The number of nitrogens with two attached hydrogens (primary N) is 1. The first-order chi connectivity index (χ1) is 18.8. The molecule has 3 aromatic carbocycles. The Hall–Kier alpha value is -3.12. The fourth-order valence-corrected chi connectivity index (χ4v) is 5.62. The van der Waals surface area contributed by atoms with E-state index in [0.29, 0.717) is 16.9 Å². The van der Waals surface area contributed by atoms with E-state index in [-0.39, 0.29) is 18.6 Å². The average Bonchev–Trinajstić information content (AvgIpc) is 2.93. The van der Waals surface area contributed by atoms with Crippen molar-refractivity contribution in [3.8, 4) is 5.75 Å². The van der Waals surface area contributed by atoms with Crippen LogP contribution in [0.25, 0.3) is 11.1 Å². The predicted molar refractivity (Wildman–Crippen MR) is 160 cm³/mol. The standard InChI is InChI=1S/C29H30FNO2S.C4H9F/c1-4-6-21(5-2)33-22-11-8-19(9-12-22)28-24-14-10-20(29(31)32)16-27(24)34-17-25(28)23-13-7-18(3)15-26(23)30;1-2-3-4-5/h7-16,21H,4-6,17H2,1-3H3,(H2,31,32);2-4H2,1H3. The molecule has 2 N–H and O–H groups in total. The number of fused-ring (bicyclic) bond motifs is 1. The van der Waals surface area contributed by atoms with E-state index in [9.17, 15) is 9.18 Å². The number of thioether (sulfide) groups is 1. The molecule has 0 bridgehead atoms. The quantitative estimate of drug-likeness (QED) is 0.273. The van der Waals surface area contributed by atoms with Crippen LogP contribution in [0.2, 0.25) is 0 Å². The second-order valence-electron chi connectivity index (χ2n) is 9.70. The number of alkyl halides is 1. The molecule has 0 aliphatic carbocycles. The third kappa shape index (κ3) is 7.95. The van der Waals surface area contributed by atoms with Crippen molar-refractivity contribution in [2.45, 2.75) is 70.8 Å². The zero-order valence-electron chi connectivity index (χ0n) is 23.4. The highest BCUT2D eigenvalue weighted by Crippen LogP contribution is 2.45. The SMILES string of the molecule is CCCC(CC)Oc1ccc(C2=C(c3ccc(C)cc3F)CSc3cc(C(N)=O)ccc32)cc1.CCCCF. The molecule has 1 unspecified atom stereocenters. The number of rotatable bonds is 10. The minimum atomic E-state index is -0.455. The van der Waals surface area contributed by atoms with Crippen molar-refractivity contribution in [3.63, 3.8) is 0 Å². The van der Waals surface area contributed by atoms with Crippen molar-refractivity contribution in [1.82, 2.24) is 0 Å². The van der Waals surface area contributed by atoms with Gasteiger partial charge in [0.15, 0.2) is 0 Å². The van der Waals surface area contributed by atoms with Crippen LogP contribution in [0.1, 0.15) is 85.5 Å². The predicted octanol–water partition coefficient (Wildman–Crippen LogP) is 9.01. The highest BCUT2D eigenvalue weighted by Gasteiger charge is 2.24. The maximum Gasteiger partial charge on any atom is 0.248 e. The highest BCUT2D eigenvalue weighted by molar-refractivity contribution is 7.99. The van der Waals surface area contributed by atoms with Gasteiger partial charge < -0.3 is 10.5 Å². The number of primary amides is 1. The first kappa shape index (κ1) is 30.4. The molecule has 0 saturated carbocycles. The van der Waals surface area contributed by atoms with Crippen molar-refractivity contribution in [2.24, 2.45) is 5.73 Å². The van der Waals surface area contributed by atoms with Crippen molar-refractivity contribution in [1.29, 1.82) is 0 Å². The van der Waals surface area contributed by atoms with Crippen LogP contribution in [0.3, 0.4) is 0 Å². The minimum absolute atomic E-state index is 0.156. The lowest BCUT2D eigenvalue weighted by atomic mass is 9.89. The number of unbranched alkanes of at least 4 members (excludes halogenated alkanes) is 1. The lowest BCUT2D eigenvalue weighted by Crippen LogP contribution is -2.14. The molecule has 6 heteroatoms. The van der Waals surface area contributed by atoms with Crippen LogP contribution in [0.5, 0.6) is 5.75 Å². The molecule has 3 nitrogen and oxygen atoms in total. The van der Waals surface area contributed by atoms with E-state index in [1.54, 1.807) is 23.9 Å². The number of aryl methyl sites for hydroxylation is 1. The smallest absolute Gasteiger partial charge is 0.248 e.